The molecule has 2 heteroatoms. The molecule has 0 bridgehead atoms. The largest absolute Gasteiger partial charge is 0.309 e. The Morgan fingerprint density at radius 3 is 1.79 bits per heavy atom. The number of nitrogens with zero attached hydrogens (tertiary/aromatic N) is 1. The van der Waals surface area contributed by atoms with Crippen molar-refractivity contribution in [2.45, 2.75) is 37.5 Å². The quantitative estimate of drug-likeness (QED) is 0.265. The zero-order chi connectivity index (χ0) is 22.2. The Morgan fingerprint density at radius 2 is 1.18 bits per heavy atom. The van der Waals surface area contributed by atoms with Crippen molar-refractivity contribution in [1.82, 2.24) is 4.57 Å². The second kappa shape index (κ2) is 8.37. The summed E-state index contributed by atoms with van der Waals surface area (Å²) in [7, 11) is 0. The lowest BCUT2D eigenvalue weighted by Gasteiger charge is -2.29. The molecule has 6 rings (SSSR count). The van der Waals surface area contributed by atoms with Crippen molar-refractivity contribution in [2.24, 2.45) is 0 Å². The minimum atomic E-state index is 0.568. The summed E-state index contributed by atoms with van der Waals surface area (Å²) in [5.41, 5.74) is 7.28. The summed E-state index contributed by atoms with van der Waals surface area (Å²) in [5, 5.41) is 2.60. The number of hydrogen-bond acceptors (Lipinski definition) is 1. The van der Waals surface area contributed by atoms with E-state index in [1.807, 2.05) is 12.1 Å². The molecule has 1 aliphatic rings. The average molecular weight is 430 g/mol. The highest BCUT2D eigenvalue weighted by Gasteiger charge is 2.24. The maximum Gasteiger partial charge on any atom is 0.150 e. The Balaban J connectivity index is 1.25. The molecule has 1 aliphatic carbocycles. The summed E-state index contributed by atoms with van der Waals surface area (Å²) in [4.78, 5) is 11.1. The maximum atomic E-state index is 11.1. The third-order valence-electron chi connectivity index (χ3n) is 7.45. The van der Waals surface area contributed by atoms with Gasteiger partial charge in [-0.2, -0.15) is 0 Å². The molecule has 1 heterocycles. The first-order chi connectivity index (χ1) is 16.3. The number of hydrogen-bond donors (Lipinski definition) is 0. The van der Waals surface area contributed by atoms with Gasteiger partial charge in [0.05, 0.1) is 11.0 Å². The molecule has 1 fully saturated rings. The van der Waals surface area contributed by atoms with E-state index in [0.717, 1.165) is 11.8 Å². The minimum Gasteiger partial charge on any atom is -0.309 e. The van der Waals surface area contributed by atoms with Crippen LogP contribution in [0.3, 0.4) is 0 Å². The van der Waals surface area contributed by atoms with Gasteiger partial charge in [-0.3, -0.25) is 4.79 Å². The summed E-state index contributed by atoms with van der Waals surface area (Å²) < 4.78 is 2.38. The standard InChI is InChI=1S/C31H27NO/c33-21-22-6-5-7-26(20-22)25-14-12-23(13-15-25)24-16-18-27(19-17-24)32-30-10-3-1-8-28(30)29-9-2-4-11-31(29)32/h1-11,16-21,23,25H,12-15H2. The van der Waals surface area contributed by atoms with Crippen molar-refractivity contribution >= 4 is 28.1 Å². The average Bonchev–Trinajstić information content (AvgIpc) is 3.23. The van der Waals surface area contributed by atoms with Gasteiger partial charge in [0, 0.05) is 22.0 Å². The predicted molar refractivity (Wildman–Crippen MR) is 137 cm³/mol. The molecule has 1 saturated carbocycles. The van der Waals surface area contributed by atoms with Gasteiger partial charge in [-0.1, -0.05) is 66.7 Å². The van der Waals surface area contributed by atoms with Crippen molar-refractivity contribution < 1.29 is 4.79 Å². The summed E-state index contributed by atoms with van der Waals surface area (Å²) in [6.45, 7) is 0. The van der Waals surface area contributed by atoms with Gasteiger partial charge in [0.1, 0.15) is 6.29 Å². The normalized spacial score (nSPS) is 18.5. The summed E-state index contributed by atoms with van der Waals surface area (Å²) in [5.74, 6) is 1.18. The van der Waals surface area contributed by atoms with Gasteiger partial charge in [0.15, 0.2) is 0 Å². The number of rotatable bonds is 4. The van der Waals surface area contributed by atoms with E-state index in [9.17, 15) is 4.79 Å². The molecule has 1 aromatic heterocycles. The summed E-state index contributed by atoms with van der Waals surface area (Å²) in [6.07, 6.45) is 5.71. The number of carbonyl (C=O) groups excluding carboxylic acids is 1. The second-order valence-corrected chi connectivity index (χ2v) is 9.30. The Hall–Kier alpha value is -3.65. The van der Waals surface area contributed by atoms with Crippen molar-refractivity contribution in [2.75, 3.05) is 0 Å². The van der Waals surface area contributed by atoms with Gasteiger partial charge in [-0.15, -0.1) is 0 Å². The lowest BCUT2D eigenvalue weighted by Crippen LogP contribution is -2.12. The molecule has 0 N–H and O–H groups in total. The number of carbonyl (C=O) groups is 1. The van der Waals surface area contributed by atoms with Crippen molar-refractivity contribution in [3.63, 3.8) is 0 Å². The van der Waals surface area contributed by atoms with E-state index in [1.54, 1.807) is 0 Å². The molecule has 0 unspecified atom stereocenters. The van der Waals surface area contributed by atoms with Crippen LogP contribution in [0.25, 0.3) is 27.5 Å². The predicted octanol–water partition coefficient (Wildman–Crippen LogP) is 8.04. The van der Waals surface area contributed by atoms with E-state index in [-0.39, 0.29) is 0 Å². The Labute approximate surface area is 194 Å². The van der Waals surface area contributed by atoms with Crippen LogP contribution in [-0.4, -0.2) is 10.9 Å². The van der Waals surface area contributed by atoms with E-state index in [0.29, 0.717) is 11.8 Å². The van der Waals surface area contributed by atoms with Crippen LogP contribution in [0.15, 0.2) is 97.1 Å². The molecule has 0 radical (unpaired) electrons. The highest BCUT2D eigenvalue weighted by atomic mass is 16.1. The number of benzene rings is 4. The third-order valence-corrected chi connectivity index (χ3v) is 7.45. The minimum absolute atomic E-state index is 0.568. The third kappa shape index (κ3) is 3.56. The molecule has 162 valence electrons. The Bertz CT molecular complexity index is 1380. The van der Waals surface area contributed by atoms with Crippen LogP contribution >= 0.6 is 0 Å². The smallest absolute Gasteiger partial charge is 0.150 e. The van der Waals surface area contributed by atoms with E-state index in [2.05, 4.69) is 89.5 Å². The summed E-state index contributed by atoms with van der Waals surface area (Å²) >= 11 is 0. The highest BCUT2D eigenvalue weighted by Crippen LogP contribution is 2.41. The first kappa shape index (κ1) is 20.0. The molecule has 0 saturated heterocycles. The van der Waals surface area contributed by atoms with Crippen LogP contribution in [0.2, 0.25) is 0 Å². The number of aldehydes is 1. The zero-order valence-corrected chi connectivity index (χ0v) is 18.7. The van der Waals surface area contributed by atoms with Crippen LogP contribution in [0, 0.1) is 0 Å². The van der Waals surface area contributed by atoms with E-state index in [1.165, 1.54) is 64.3 Å². The van der Waals surface area contributed by atoms with Crippen LogP contribution in [0.1, 0.15) is 59.0 Å². The molecule has 5 aromatic rings. The van der Waals surface area contributed by atoms with Crippen LogP contribution in [0.5, 0.6) is 0 Å². The fraction of sp³-hybridized carbons (Fsp3) is 0.194. The SMILES string of the molecule is O=Cc1cccc(C2CCC(c3ccc(-n4c5ccccc5c5ccccc54)cc3)CC2)c1. The monoisotopic (exact) mass is 429 g/mol. The lowest BCUT2D eigenvalue weighted by molar-refractivity contribution is 0.112. The number of aromatic nitrogens is 1. The van der Waals surface area contributed by atoms with Gasteiger partial charge in [0.25, 0.3) is 0 Å². The molecule has 0 aliphatic heterocycles. The van der Waals surface area contributed by atoms with E-state index < -0.39 is 0 Å². The topological polar surface area (TPSA) is 22.0 Å². The Morgan fingerprint density at radius 1 is 0.606 bits per heavy atom. The van der Waals surface area contributed by atoms with Crippen LogP contribution < -0.4 is 0 Å². The molecule has 0 spiro atoms. The highest BCUT2D eigenvalue weighted by molar-refractivity contribution is 6.09. The number of fused-ring (bicyclic) bond motifs is 3. The fourth-order valence-electron chi connectivity index (χ4n) is 5.74. The van der Waals surface area contributed by atoms with Gasteiger partial charge in [-0.05, 0) is 79.0 Å². The summed E-state index contributed by atoms with van der Waals surface area (Å²) in [6, 6.07) is 34.7. The van der Waals surface area contributed by atoms with E-state index >= 15 is 0 Å². The zero-order valence-electron chi connectivity index (χ0n) is 18.7. The van der Waals surface area contributed by atoms with Gasteiger partial charge in [-0.25, -0.2) is 0 Å². The van der Waals surface area contributed by atoms with Gasteiger partial charge >= 0.3 is 0 Å². The fourth-order valence-corrected chi connectivity index (χ4v) is 5.74. The van der Waals surface area contributed by atoms with E-state index in [4.69, 9.17) is 0 Å². The maximum absolute atomic E-state index is 11.1. The molecule has 0 amide bonds. The molecular weight excluding hydrogens is 402 g/mol. The van der Waals surface area contributed by atoms with Crippen LogP contribution in [0.4, 0.5) is 0 Å². The Kier molecular flexibility index (Phi) is 5.07. The first-order valence-electron chi connectivity index (χ1n) is 12.0. The molecule has 4 aromatic carbocycles. The molecule has 0 atom stereocenters. The number of para-hydroxylation sites is 2. The van der Waals surface area contributed by atoms with Crippen molar-refractivity contribution in [3.05, 3.63) is 114 Å². The van der Waals surface area contributed by atoms with Crippen molar-refractivity contribution in [3.8, 4) is 5.69 Å². The lowest BCUT2D eigenvalue weighted by atomic mass is 9.76. The van der Waals surface area contributed by atoms with Crippen LogP contribution in [-0.2, 0) is 0 Å². The van der Waals surface area contributed by atoms with Gasteiger partial charge < -0.3 is 4.57 Å². The molecule has 2 nitrogen and oxygen atoms in total. The van der Waals surface area contributed by atoms with Gasteiger partial charge in [0.2, 0.25) is 0 Å². The second-order valence-electron chi connectivity index (χ2n) is 9.30. The molecular formula is C31H27NO. The molecule has 33 heavy (non-hydrogen) atoms. The first-order valence-corrected chi connectivity index (χ1v) is 12.0. The van der Waals surface area contributed by atoms with Crippen molar-refractivity contribution in [1.29, 1.82) is 0 Å².